The average Bonchev–Trinajstić information content (AvgIpc) is 2.82. The minimum Gasteiger partial charge on any atom is -0.314 e. The Morgan fingerprint density at radius 3 is 2.70 bits per heavy atom. The third kappa shape index (κ3) is 2.82. The van der Waals surface area contributed by atoms with E-state index in [1.807, 2.05) is 6.07 Å². The molecule has 20 heavy (non-hydrogen) atoms. The first-order valence-electron chi connectivity index (χ1n) is 6.81. The van der Waals surface area contributed by atoms with E-state index in [1.165, 1.54) is 12.1 Å². The van der Waals surface area contributed by atoms with Gasteiger partial charge >= 0.3 is 6.18 Å². The summed E-state index contributed by atoms with van der Waals surface area (Å²) in [6, 6.07) is 4.55. The van der Waals surface area contributed by atoms with Crippen LogP contribution in [0.2, 0.25) is 0 Å². The lowest BCUT2D eigenvalue weighted by molar-refractivity contribution is -0.138. The van der Waals surface area contributed by atoms with Crippen LogP contribution in [0.3, 0.4) is 0 Å². The highest BCUT2D eigenvalue weighted by molar-refractivity contribution is 7.99. The van der Waals surface area contributed by atoms with Crippen LogP contribution in [-0.4, -0.2) is 43.4 Å². The molecule has 1 atom stereocenters. The van der Waals surface area contributed by atoms with Crippen LogP contribution < -0.4 is 5.32 Å². The number of fused-ring (bicyclic) bond motifs is 1. The van der Waals surface area contributed by atoms with E-state index in [2.05, 4.69) is 10.2 Å². The van der Waals surface area contributed by atoms with Crippen molar-refractivity contribution >= 4 is 11.8 Å². The Balaban J connectivity index is 1.84. The van der Waals surface area contributed by atoms with Crippen molar-refractivity contribution in [2.24, 2.45) is 0 Å². The maximum Gasteiger partial charge on any atom is 0.416 e. The van der Waals surface area contributed by atoms with Crippen LogP contribution in [0.15, 0.2) is 23.1 Å². The van der Waals surface area contributed by atoms with Gasteiger partial charge in [-0.15, -0.1) is 11.8 Å². The first kappa shape index (κ1) is 14.2. The molecule has 0 saturated carbocycles. The van der Waals surface area contributed by atoms with E-state index < -0.39 is 11.7 Å². The number of piperazine rings is 1. The molecular formula is C14H17F3N2S. The summed E-state index contributed by atoms with van der Waals surface area (Å²) in [5.41, 5.74) is 0.0728. The summed E-state index contributed by atoms with van der Waals surface area (Å²) in [5.74, 6) is 0.748. The van der Waals surface area contributed by atoms with Gasteiger partial charge in [0.1, 0.15) is 0 Å². The second kappa shape index (κ2) is 5.58. The number of nitrogens with zero attached hydrogens (tertiary/aromatic N) is 1. The monoisotopic (exact) mass is 302 g/mol. The van der Waals surface area contributed by atoms with Crippen LogP contribution >= 0.6 is 11.8 Å². The van der Waals surface area contributed by atoms with Gasteiger partial charge in [-0.2, -0.15) is 13.2 Å². The lowest BCUT2D eigenvalue weighted by Gasteiger charge is -2.30. The normalized spacial score (nSPS) is 23.9. The van der Waals surface area contributed by atoms with E-state index in [4.69, 9.17) is 0 Å². The van der Waals surface area contributed by atoms with Crippen molar-refractivity contribution in [3.63, 3.8) is 0 Å². The first-order chi connectivity index (χ1) is 9.55. The van der Waals surface area contributed by atoms with E-state index in [0.717, 1.165) is 43.4 Å². The van der Waals surface area contributed by atoms with Gasteiger partial charge in [0, 0.05) is 49.3 Å². The fraction of sp³-hybridized carbons (Fsp3) is 0.571. The smallest absolute Gasteiger partial charge is 0.314 e. The largest absolute Gasteiger partial charge is 0.416 e. The second-order valence-electron chi connectivity index (χ2n) is 5.27. The predicted octanol–water partition coefficient (Wildman–Crippen LogP) is 2.80. The molecule has 1 saturated heterocycles. The molecule has 0 aliphatic carbocycles. The highest BCUT2D eigenvalue weighted by Gasteiger charge is 2.39. The molecule has 1 unspecified atom stereocenters. The van der Waals surface area contributed by atoms with Crippen molar-refractivity contribution in [2.45, 2.75) is 17.0 Å². The number of thioether (sulfide) groups is 1. The van der Waals surface area contributed by atoms with E-state index in [1.54, 1.807) is 11.8 Å². The lowest BCUT2D eigenvalue weighted by Crippen LogP contribution is -2.45. The van der Waals surface area contributed by atoms with Crippen molar-refractivity contribution in [1.82, 2.24) is 10.2 Å². The molecule has 1 aromatic rings. The summed E-state index contributed by atoms with van der Waals surface area (Å²) < 4.78 is 39.5. The van der Waals surface area contributed by atoms with Crippen LogP contribution in [0.25, 0.3) is 0 Å². The Labute approximate surface area is 120 Å². The Hall–Kier alpha value is -0.720. The average molecular weight is 302 g/mol. The molecule has 0 bridgehead atoms. The number of nitrogens with one attached hydrogen (secondary N) is 1. The molecule has 2 aliphatic rings. The van der Waals surface area contributed by atoms with Gasteiger partial charge < -0.3 is 10.2 Å². The van der Waals surface area contributed by atoms with Gasteiger partial charge in [0.15, 0.2) is 0 Å². The van der Waals surface area contributed by atoms with E-state index >= 15 is 0 Å². The van der Waals surface area contributed by atoms with Crippen molar-refractivity contribution in [1.29, 1.82) is 0 Å². The summed E-state index contributed by atoms with van der Waals surface area (Å²) in [5, 5.41) is 3.27. The molecule has 1 aromatic carbocycles. The standard InChI is InChI=1S/C14H17F3N2S/c15-14(16,17)11-2-1-3-12-13(11)10(9-20-12)8-19-6-4-18-5-7-19/h1-3,10,18H,4-9H2. The van der Waals surface area contributed by atoms with E-state index in [0.29, 0.717) is 5.56 Å². The van der Waals surface area contributed by atoms with Gasteiger partial charge in [-0.3, -0.25) is 0 Å². The SMILES string of the molecule is FC(F)(F)c1cccc2c1C(CN1CCNCC1)CS2. The quantitative estimate of drug-likeness (QED) is 0.904. The van der Waals surface area contributed by atoms with Crippen LogP contribution in [0.5, 0.6) is 0 Å². The molecule has 2 nitrogen and oxygen atoms in total. The minimum atomic E-state index is -4.25. The molecule has 2 aliphatic heterocycles. The first-order valence-corrected chi connectivity index (χ1v) is 7.80. The fourth-order valence-corrected chi connectivity index (χ4v) is 4.22. The van der Waals surface area contributed by atoms with Gasteiger partial charge in [0.2, 0.25) is 0 Å². The molecule has 0 spiro atoms. The zero-order valence-corrected chi connectivity index (χ0v) is 11.9. The molecule has 3 rings (SSSR count). The predicted molar refractivity (Wildman–Crippen MR) is 74.2 cm³/mol. The highest BCUT2D eigenvalue weighted by Crippen LogP contribution is 2.46. The second-order valence-corrected chi connectivity index (χ2v) is 6.34. The Morgan fingerprint density at radius 2 is 2.00 bits per heavy atom. The number of hydrogen-bond donors (Lipinski definition) is 1. The summed E-state index contributed by atoms with van der Waals surface area (Å²) in [4.78, 5) is 3.07. The molecule has 0 amide bonds. The highest BCUT2D eigenvalue weighted by atomic mass is 32.2. The van der Waals surface area contributed by atoms with Crippen molar-refractivity contribution < 1.29 is 13.2 Å². The topological polar surface area (TPSA) is 15.3 Å². The molecule has 1 N–H and O–H groups in total. The third-order valence-corrected chi connectivity index (χ3v) is 5.14. The summed E-state index contributed by atoms with van der Waals surface area (Å²) in [6.07, 6.45) is -4.25. The van der Waals surface area contributed by atoms with Gasteiger partial charge in [-0.05, 0) is 17.7 Å². The van der Waals surface area contributed by atoms with E-state index in [-0.39, 0.29) is 5.92 Å². The molecule has 110 valence electrons. The third-order valence-electron chi connectivity index (χ3n) is 3.91. The van der Waals surface area contributed by atoms with Crippen LogP contribution in [0.1, 0.15) is 17.0 Å². The Morgan fingerprint density at radius 1 is 1.25 bits per heavy atom. The van der Waals surface area contributed by atoms with Crippen LogP contribution in [0, 0.1) is 0 Å². The van der Waals surface area contributed by atoms with Gasteiger partial charge in [-0.25, -0.2) is 0 Å². The van der Waals surface area contributed by atoms with Crippen molar-refractivity contribution in [3.05, 3.63) is 29.3 Å². The summed E-state index contributed by atoms with van der Waals surface area (Å²) >= 11 is 1.55. The van der Waals surface area contributed by atoms with Crippen molar-refractivity contribution in [2.75, 3.05) is 38.5 Å². The number of halogens is 3. The van der Waals surface area contributed by atoms with Gasteiger partial charge in [0.25, 0.3) is 0 Å². The number of benzene rings is 1. The molecule has 2 heterocycles. The Kier molecular flexibility index (Phi) is 3.97. The summed E-state index contributed by atoms with van der Waals surface area (Å²) in [7, 11) is 0. The number of hydrogen-bond acceptors (Lipinski definition) is 3. The summed E-state index contributed by atoms with van der Waals surface area (Å²) in [6.45, 7) is 4.42. The van der Waals surface area contributed by atoms with Gasteiger partial charge in [0.05, 0.1) is 5.56 Å². The molecule has 6 heteroatoms. The van der Waals surface area contributed by atoms with Crippen LogP contribution in [0.4, 0.5) is 13.2 Å². The number of alkyl halides is 3. The van der Waals surface area contributed by atoms with E-state index in [9.17, 15) is 13.2 Å². The fourth-order valence-electron chi connectivity index (χ4n) is 2.96. The molecule has 0 aromatic heterocycles. The van der Waals surface area contributed by atoms with Crippen molar-refractivity contribution in [3.8, 4) is 0 Å². The maximum absolute atomic E-state index is 13.2. The molecular weight excluding hydrogens is 285 g/mol. The minimum absolute atomic E-state index is 0.00840. The zero-order chi connectivity index (χ0) is 14.2. The Bertz CT molecular complexity index is 484. The zero-order valence-electron chi connectivity index (χ0n) is 11.0. The molecule has 1 fully saturated rings. The maximum atomic E-state index is 13.2. The van der Waals surface area contributed by atoms with Gasteiger partial charge in [-0.1, -0.05) is 6.07 Å². The molecule has 0 radical (unpaired) electrons. The lowest BCUT2D eigenvalue weighted by atomic mass is 9.94. The van der Waals surface area contributed by atoms with Crippen LogP contribution in [-0.2, 0) is 6.18 Å². The number of rotatable bonds is 2.